The summed E-state index contributed by atoms with van der Waals surface area (Å²) in [6.07, 6.45) is 2.97. The molecule has 11 heavy (non-hydrogen) atoms. The van der Waals surface area contributed by atoms with Crippen LogP contribution in [0.2, 0.25) is 0 Å². The molecule has 0 aromatic heterocycles. The smallest absolute Gasteiger partial charge is 0.159 e. The van der Waals surface area contributed by atoms with E-state index in [0.717, 1.165) is 6.42 Å². The first-order chi connectivity index (χ1) is 5.03. The average molecular weight is 150 g/mol. The van der Waals surface area contributed by atoms with Gasteiger partial charge in [-0.3, -0.25) is 4.79 Å². The summed E-state index contributed by atoms with van der Waals surface area (Å²) >= 11 is 0. The summed E-state index contributed by atoms with van der Waals surface area (Å²) in [5.74, 6) is 1.37. The van der Waals surface area contributed by atoms with E-state index in [1.54, 1.807) is 0 Å². The lowest BCUT2D eigenvalue weighted by molar-refractivity contribution is -0.116. The van der Waals surface area contributed by atoms with Gasteiger partial charge in [0.1, 0.15) is 0 Å². The van der Waals surface area contributed by atoms with E-state index < -0.39 is 0 Å². The van der Waals surface area contributed by atoms with Crippen LogP contribution in [-0.2, 0) is 4.79 Å². The highest BCUT2D eigenvalue weighted by Crippen LogP contribution is 2.62. The monoisotopic (exact) mass is 150 g/mol. The number of carbonyl (C=O) groups excluding carboxylic acids is 1. The molecule has 60 valence electrons. The molecule has 1 nitrogen and oxygen atoms in total. The standard InChI is InChI=1S/C10H14O/c1-6-4-7-9(8(11)5-6)10(7,2)3/h5,7,9H,4H2,1-3H3/t7-,9-/m0/s1. The zero-order valence-electron chi connectivity index (χ0n) is 7.35. The summed E-state index contributed by atoms with van der Waals surface area (Å²) in [4.78, 5) is 11.4. The Labute approximate surface area is 67.5 Å². The number of allylic oxidation sites excluding steroid dienone is 2. The topological polar surface area (TPSA) is 17.1 Å². The predicted molar refractivity (Wildman–Crippen MR) is 44.1 cm³/mol. The van der Waals surface area contributed by atoms with E-state index in [0.29, 0.717) is 23.0 Å². The molecular weight excluding hydrogens is 136 g/mol. The second kappa shape index (κ2) is 1.77. The third-order valence-electron chi connectivity index (χ3n) is 3.29. The van der Waals surface area contributed by atoms with Crippen LogP contribution in [0.15, 0.2) is 11.6 Å². The summed E-state index contributed by atoms with van der Waals surface area (Å²) < 4.78 is 0. The number of fused-ring (bicyclic) bond motifs is 1. The van der Waals surface area contributed by atoms with Crippen LogP contribution in [0.1, 0.15) is 27.2 Å². The van der Waals surface area contributed by atoms with Crippen LogP contribution in [-0.4, -0.2) is 5.78 Å². The van der Waals surface area contributed by atoms with E-state index >= 15 is 0 Å². The van der Waals surface area contributed by atoms with E-state index in [-0.39, 0.29) is 0 Å². The molecule has 0 bridgehead atoms. The number of hydrogen-bond acceptors (Lipinski definition) is 1. The first kappa shape index (κ1) is 7.08. The van der Waals surface area contributed by atoms with Crippen LogP contribution in [0, 0.1) is 17.3 Å². The highest BCUT2D eigenvalue weighted by atomic mass is 16.1. The molecule has 0 unspecified atom stereocenters. The fraction of sp³-hybridized carbons (Fsp3) is 0.700. The van der Waals surface area contributed by atoms with Gasteiger partial charge in [-0.15, -0.1) is 0 Å². The van der Waals surface area contributed by atoms with Crippen molar-refractivity contribution in [2.45, 2.75) is 27.2 Å². The molecule has 0 saturated heterocycles. The number of rotatable bonds is 0. The Bertz CT molecular complexity index is 248. The van der Waals surface area contributed by atoms with Crippen molar-refractivity contribution >= 4 is 5.78 Å². The van der Waals surface area contributed by atoms with Crippen molar-refractivity contribution in [2.24, 2.45) is 17.3 Å². The van der Waals surface area contributed by atoms with Crippen molar-refractivity contribution in [1.82, 2.24) is 0 Å². The fourth-order valence-electron chi connectivity index (χ4n) is 2.43. The zero-order chi connectivity index (χ0) is 8.22. The van der Waals surface area contributed by atoms with Crippen LogP contribution in [0.3, 0.4) is 0 Å². The highest BCUT2D eigenvalue weighted by molar-refractivity contribution is 5.96. The van der Waals surface area contributed by atoms with Crippen molar-refractivity contribution < 1.29 is 4.79 Å². The Balaban J connectivity index is 2.28. The zero-order valence-corrected chi connectivity index (χ0v) is 7.35. The predicted octanol–water partition coefficient (Wildman–Crippen LogP) is 2.18. The van der Waals surface area contributed by atoms with Crippen molar-refractivity contribution in [3.8, 4) is 0 Å². The molecule has 1 fully saturated rings. The lowest BCUT2D eigenvalue weighted by Gasteiger charge is -2.04. The third kappa shape index (κ3) is 0.800. The lowest BCUT2D eigenvalue weighted by Crippen LogP contribution is -2.05. The van der Waals surface area contributed by atoms with Crippen LogP contribution in [0.4, 0.5) is 0 Å². The fourth-order valence-corrected chi connectivity index (χ4v) is 2.43. The molecular formula is C10H14O. The van der Waals surface area contributed by atoms with Crippen LogP contribution in [0.5, 0.6) is 0 Å². The molecule has 0 heterocycles. The van der Waals surface area contributed by atoms with Gasteiger partial charge >= 0.3 is 0 Å². The van der Waals surface area contributed by atoms with Crippen molar-refractivity contribution in [1.29, 1.82) is 0 Å². The van der Waals surface area contributed by atoms with E-state index in [4.69, 9.17) is 0 Å². The molecule has 2 rings (SSSR count). The van der Waals surface area contributed by atoms with E-state index in [2.05, 4.69) is 20.8 Å². The van der Waals surface area contributed by atoms with Gasteiger partial charge in [-0.1, -0.05) is 19.4 Å². The van der Waals surface area contributed by atoms with E-state index in [1.807, 2.05) is 6.08 Å². The molecule has 0 aromatic rings. The minimum Gasteiger partial charge on any atom is -0.295 e. The van der Waals surface area contributed by atoms with Crippen molar-refractivity contribution in [2.75, 3.05) is 0 Å². The lowest BCUT2D eigenvalue weighted by atomic mass is 10.0. The molecule has 2 aliphatic carbocycles. The molecule has 1 saturated carbocycles. The maximum absolute atomic E-state index is 11.4. The number of hydrogen-bond donors (Lipinski definition) is 0. The van der Waals surface area contributed by atoms with Gasteiger partial charge in [-0.25, -0.2) is 0 Å². The van der Waals surface area contributed by atoms with Gasteiger partial charge in [-0.2, -0.15) is 0 Å². The molecule has 0 spiro atoms. The van der Waals surface area contributed by atoms with E-state index in [1.165, 1.54) is 5.57 Å². The normalized spacial score (nSPS) is 39.5. The van der Waals surface area contributed by atoms with Crippen LogP contribution < -0.4 is 0 Å². The first-order valence-corrected chi connectivity index (χ1v) is 4.24. The maximum atomic E-state index is 11.4. The Morgan fingerprint density at radius 3 is 2.73 bits per heavy atom. The molecule has 0 radical (unpaired) electrons. The Hall–Kier alpha value is -0.590. The Morgan fingerprint density at radius 1 is 1.55 bits per heavy atom. The Morgan fingerprint density at radius 2 is 2.18 bits per heavy atom. The minimum absolute atomic E-state index is 0.297. The Kier molecular flexibility index (Phi) is 1.14. The van der Waals surface area contributed by atoms with Gasteiger partial charge in [0.05, 0.1) is 0 Å². The molecule has 0 N–H and O–H groups in total. The quantitative estimate of drug-likeness (QED) is 0.517. The molecule has 0 aliphatic heterocycles. The highest BCUT2D eigenvalue weighted by Gasteiger charge is 2.61. The van der Waals surface area contributed by atoms with E-state index in [9.17, 15) is 4.79 Å². The van der Waals surface area contributed by atoms with Crippen molar-refractivity contribution in [3.63, 3.8) is 0 Å². The SMILES string of the molecule is CC1=CC(=O)[C@@H]2[C@H](C1)C2(C)C. The molecule has 1 heteroatoms. The van der Waals surface area contributed by atoms with Crippen molar-refractivity contribution in [3.05, 3.63) is 11.6 Å². The van der Waals surface area contributed by atoms with Crippen LogP contribution in [0.25, 0.3) is 0 Å². The molecule has 2 atom stereocenters. The van der Waals surface area contributed by atoms with Crippen LogP contribution >= 0.6 is 0 Å². The summed E-state index contributed by atoms with van der Waals surface area (Å²) in [7, 11) is 0. The molecule has 2 aliphatic rings. The van der Waals surface area contributed by atoms with Gasteiger partial charge in [0.25, 0.3) is 0 Å². The summed E-state index contributed by atoms with van der Waals surface area (Å²) in [5.41, 5.74) is 1.56. The summed E-state index contributed by atoms with van der Waals surface area (Å²) in [6, 6.07) is 0. The van der Waals surface area contributed by atoms with Gasteiger partial charge < -0.3 is 0 Å². The average Bonchev–Trinajstić information content (AvgIpc) is 2.34. The van der Waals surface area contributed by atoms with Gasteiger partial charge in [0.2, 0.25) is 0 Å². The summed E-state index contributed by atoms with van der Waals surface area (Å²) in [6.45, 7) is 6.46. The second-order valence-corrected chi connectivity index (χ2v) is 4.50. The maximum Gasteiger partial charge on any atom is 0.159 e. The van der Waals surface area contributed by atoms with Gasteiger partial charge in [0.15, 0.2) is 5.78 Å². The largest absolute Gasteiger partial charge is 0.295 e. The first-order valence-electron chi connectivity index (χ1n) is 4.24. The third-order valence-corrected chi connectivity index (χ3v) is 3.29. The minimum atomic E-state index is 0.297. The number of ketones is 1. The summed E-state index contributed by atoms with van der Waals surface area (Å²) in [5, 5.41) is 0. The van der Waals surface area contributed by atoms with Gasteiger partial charge in [-0.05, 0) is 30.8 Å². The molecule has 0 aromatic carbocycles. The second-order valence-electron chi connectivity index (χ2n) is 4.50. The number of carbonyl (C=O) groups is 1. The molecule has 0 amide bonds. The van der Waals surface area contributed by atoms with Gasteiger partial charge in [0, 0.05) is 5.92 Å².